The molecular weight excluding hydrogens is 298 g/mol. The minimum atomic E-state index is -3.55. The summed E-state index contributed by atoms with van der Waals surface area (Å²) in [6, 6.07) is 14.4. The number of ether oxygens (including phenoxy) is 1. The molecule has 118 valence electrons. The van der Waals surface area contributed by atoms with Gasteiger partial charge in [0.1, 0.15) is 12.4 Å². The maximum Gasteiger partial charge on any atom is 0.241 e. The molecule has 0 heterocycles. The van der Waals surface area contributed by atoms with Crippen molar-refractivity contribution in [2.24, 2.45) is 0 Å². The topological polar surface area (TPSA) is 55.4 Å². The molecule has 0 aliphatic heterocycles. The van der Waals surface area contributed by atoms with E-state index in [2.05, 4.69) is 4.72 Å². The summed E-state index contributed by atoms with van der Waals surface area (Å²) in [6.45, 7) is 5.72. The van der Waals surface area contributed by atoms with E-state index in [-0.39, 0.29) is 12.6 Å². The van der Waals surface area contributed by atoms with Crippen LogP contribution in [-0.2, 0) is 10.0 Å². The Bertz CT molecular complexity index is 727. The number of aryl methyl sites for hydroxylation is 2. The first-order valence-corrected chi connectivity index (χ1v) is 8.64. The van der Waals surface area contributed by atoms with E-state index < -0.39 is 10.0 Å². The van der Waals surface area contributed by atoms with Crippen molar-refractivity contribution in [3.05, 3.63) is 59.7 Å². The largest absolute Gasteiger partial charge is 0.492 e. The van der Waals surface area contributed by atoms with E-state index in [1.807, 2.05) is 49.4 Å². The van der Waals surface area contributed by atoms with Gasteiger partial charge in [-0.25, -0.2) is 13.1 Å². The summed E-state index contributed by atoms with van der Waals surface area (Å²) in [5.41, 5.74) is 1.65. The summed E-state index contributed by atoms with van der Waals surface area (Å²) in [5, 5.41) is 0. The van der Waals surface area contributed by atoms with Crippen molar-refractivity contribution in [3.63, 3.8) is 0 Å². The number of rotatable bonds is 6. The summed E-state index contributed by atoms with van der Waals surface area (Å²) in [4.78, 5) is 0.319. The van der Waals surface area contributed by atoms with E-state index in [4.69, 9.17) is 4.74 Å². The van der Waals surface area contributed by atoms with Crippen LogP contribution >= 0.6 is 0 Å². The summed E-state index contributed by atoms with van der Waals surface area (Å²) < 4.78 is 33.2. The van der Waals surface area contributed by atoms with Crippen LogP contribution < -0.4 is 9.46 Å². The Morgan fingerprint density at radius 2 is 1.77 bits per heavy atom. The van der Waals surface area contributed by atoms with E-state index in [1.165, 1.54) is 0 Å². The predicted octanol–water partition coefficient (Wildman–Crippen LogP) is 3.05. The number of hydrogen-bond acceptors (Lipinski definition) is 3. The third kappa shape index (κ3) is 4.32. The lowest BCUT2D eigenvalue weighted by molar-refractivity contribution is 0.287. The van der Waals surface area contributed by atoms with E-state index in [0.717, 1.165) is 16.9 Å². The molecule has 0 spiro atoms. The zero-order valence-electron chi connectivity index (χ0n) is 13.0. The molecule has 1 unspecified atom stereocenters. The molecule has 0 aliphatic rings. The molecular formula is C17H21NO3S. The highest BCUT2D eigenvalue weighted by Crippen LogP contribution is 2.17. The van der Waals surface area contributed by atoms with E-state index >= 15 is 0 Å². The van der Waals surface area contributed by atoms with Gasteiger partial charge in [0.2, 0.25) is 10.0 Å². The molecule has 2 aromatic carbocycles. The van der Waals surface area contributed by atoms with Crippen molar-refractivity contribution < 1.29 is 13.2 Å². The molecule has 0 radical (unpaired) electrons. The zero-order chi connectivity index (χ0) is 16.2. The molecule has 2 rings (SSSR count). The molecule has 0 saturated carbocycles. The third-order valence-electron chi connectivity index (χ3n) is 3.23. The molecule has 22 heavy (non-hydrogen) atoms. The minimum absolute atomic E-state index is 0.272. The van der Waals surface area contributed by atoms with Gasteiger partial charge in [-0.3, -0.25) is 0 Å². The Morgan fingerprint density at radius 1 is 1.09 bits per heavy atom. The summed E-state index contributed by atoms with van der Waals surface area (Å²) in [6.07, 6.45) is 0. The molecule has 0 bridgehead atoms. The summed E-state index contributed by atoms with van der Waals surface area (Å²) >= 11 is 0. The van der Waals surface area contributed by atoms with Gasteiger partial charge >= 0.3 is 0 Å². The molecule has 4 nitrogen and oxygen atoms in total. The molecule has 0 amide bonds. The van der Waals surface area contributed by atoms with E-state index in [1.54, 1.807) is 19.9 Å². The lowest BCUT2D eigenvalue weighted by Crippen LogP contribution is -2.37. The smallest absolute Gasteiger partial charge is 0.241 e. The van der Waals surface area contributed by atoms with Gasteiger partial charge in [0, 0.05) is 0 Å². The lowest BCUT2D eigenvalue weighted by Gasteiger charge is -2.16. The van der Waals surface area contributed by atoms with Crippen LogP contribution in [0.1, 0.15) is 18.1 Å². The maximum absolute atomic E-state index is 12.5. The van der Waals surface area contributed by atoms with E-state index in [0.29, 0.717) is 4.90 Å². The van der Waals surface area contributed by atoms with Crippen LogP contribution in [0, 0.1) is 13.8 Å². The fourth-order valence-electron chi connectivity index (χ4n) is 2.10. The fourth-order valence-corrected chi connectivity index (χ4v) is 3.65. The van der Waals surface area contributed by atoms with Crippen molar-refractivity contribution in [1.82, 2.24) is 4.72 Å². The van der Waals surface area contributed by atoms with Crippen molar-refractivity contribution >= 4 is 10.0 Å². The SMILES string of the molecule is Cc1ccc(C)c(S(=O)(=O)NC(C)COc2ccccc2)c1. The Hall–Kier alpha value is -1.85. The molecule has 0 aliphatic carbocycles. The number of benzene rings is 2. The zero-order valence-corrected chi connectivity index (χ0v) is 13.9. The molecule has 0 fully saturated rings. The highest BCUT2D eigenvalue weighted by atomic mass is 32.2. The third-order valence-corrected chi connectivity index (χ3v) is 4.96. The normalized spacial score (nSPS) is 12.9. The highest BCUT2D eigenvalue weighted by molar-refractivity contribution is 7.89. The van der Waals surface area contributed by atoms with Crippen LogP contribution in [0.3, 0.4) is 0 Å². The average Bonchev–Trinajstić information content (AvgIpc) is 2.48. The average molecular weight is 319 g/mol. The second-order valence-electron chi connectivity index (χ2n) is 5.42. The summed E-state index contributed by atoms with van der Waals surface area (Å²) in [7, 11) is -3.55. The Balaban J connectivity index is 2.03. The van der Waals surface area contributed by atoms with Gasteiger partial charge in [-0.15, -0.1) is 0 Å². The highest BCUT2D eigenvalue weighted by Gasteiger charge is 2.19. The van der Waals surface area contributed by atoms with Crippen molar-refractivity contribution in [1.29, 1.82) is 0 Å². The van der Waals surface area contributed by atoms with Crippen molar-refractivity contribution in [2.75, 3.05) is 6.61 Å². The first-order chi connectivity index (χ1) is 10.4. The van der Waals surface area contributed by atoms with Crippen molar-refractivity contribution in [2.45, 2.75) is 31.7 Å². The summed E-state index contributed by atoms with van der Waals surface area (Å²) in [5.74, 6) is 0.722. The number of hydrogen-bond donors (Lipinski definition) is 1. The number of nitrogens with one attached hydrogen (secondary N) is 1. The molecule has 0 aromatic heterocycles. The van der Waals surface area contributed by atoms with Gasteiger partial charge in [0.25, 0.3) is 0 Å². The first-order valence-electron chi connectivity index (χ1n) is 7.16. The van der Waals surface area contributed by atoms with Gasteiger partial charge in [-0.2, -0.15) is 0 Å². The van der Waals surface area contributed by atoms with Crippen LogP contribution in [0.25, 0.3) is 0 Å². The quantitative estimate of drug-likeness (QED) is 0.890. The fraction of sp³-hybridized carbons (Fsp3) is 0.294. The monoisotopic (exact) mass is 319 g/mol. The van der Waals surface area contributed by atoms with Crippen LogP contribution in [0.5, 0.6) is 5.75 Å². The molecule has 0 saturated heterocycles. The standard InChI is InChI=1S/C17H21NO3S/c1-13-9-10-14(2)17(11-13)22(19,20)18-15(3)12-21-16-7-5-4-6-8-16/h4-11,15,18H,12H2,1-3H3. The molecule has 1 N–H and O–H groups in total. The van der Waals surface area contributed by atoms with Crippen LogP contribution in [0.2, 0.25) is 0 Å². The Kier molecular flexibility index (Phi) is 5.21. The Labute approximate surface area is 132 Å². The van der Waals surface area contributed by atoms with Gasteiger partial charge in [0.05, 0.1) is 10.9 Å². The second kappa shape index (κ2) is 6.94. The number of sulfonamides is 1. The lowest BCUT2D eigenvalue weighted by atomic mass is 10.2. The Morgan fingerprint density at radius 3 is 2.45 bits per heavy atom. The second-order valence-corrected chi connectivity index (χ2v) is 7.10. The predicted molar refractivity (Wildman–Crippen MR) is 87.6 cm³/mol. The molecule has 2 aromatic rings. The van der Waals surface area contributed by atoms with Gasteiger partial charge in [-0.05, 0) is 50.1 Å². The van der Waals surface area contributed by atoms with Crippen LogP contribution in [-0.4, -0.2) is 21.1 Å². The van der Waals surface area contributed by atoms with E-state index in [9.17, 15) is 8.42 Å². The van der Waals surface area contributed by atoms with Gasteiger partial charge in [-0.1, -0.05) is 30.3 Å². The van der Waals surface area contributed by atoms with Crippen LogP contribution in [0.4, 0.5) is 0 Å². The maximum atomic E-state index is 12.5. The minimum Gasteiger partial charge on any atom is -0.492 e. The van der Waals surface area contributed by atoms with Crippen molar-refractivity contribution in [3.8, 4) is 5.75 Å². The van der Waals surface area contributed by atoms with Gasteiger partial charge in [0.15, 0.2) is 0 Å². The molecule has 5 heteroatoms. The van der Waals surface area contributed by atoms with Crippen LogP contribution in [0.15, 0.2) is 53.4 Å². The molecule has 1 atom stereocenters. The first kappa shape index (κ1) is 16.5. The van der Waals surface area contributed by atoms with Gasteiger partial charge < -0.3 is 4.74 Å². The number of para-hydroxylation sites is 1.